The third kappa shape index (κ3) is 4.77. The first-order valence-electron chi connectivity index (χ1n) is 7.57. The Morgan fingerprint density at radius 2 is 2.25 bits per heavy atom. The van der Waals surface area contributed by atoms with Crippen molar-refractivity contribution in [2.45, 2.75) is 19.8 Å². The van der Waals surface area contributed by atoms with Crippen LogP contribution in [-0.2, 0) is 9.59 Å². The van der Waals surface area contributed by atoms with Crippen LogP contribution in [0.25, 0.3) is 6.08 Å². The maximum atomic E-state index is 11.7. The van der Waals surface area contributed by atoms with E-state index in [1.807, 2.05) is 30.3 Å². The Balaban J connectivity index is 1.75. The first-order valence-corrected chi connectivity index (χ1v) is 7.57. The van der Waals surface area contributed by atoms with Gasteiger partial charge in [-0.2, -0.15) is 10.2 Å². The zero-order chi connectivity index (χ0) is 17.4. The largest absolute Gasteiger partial charge is 0.496 e. The van der Waals surface area contributed by atoms with E-state index in [0.29, 0.717) is 12.1 Å². The number of carbonyl (C=O) groups excluding carboxylic acids is 2. The van der Waals surface area contributed by atoms with Crippen molar-refractivity contribution < 1.29 is 14.3 Å². The summed E-state index contributed by atoms with van der Waals surface area (Å²) in [6, 6.07) is 7.58. The fourth-order valence-corrected chi connectivity index (χ4v) is 2.26. The molecule has 7 heteroatoms. The van der Waals surface area contributed by atoms with Gasteiger partial charge in [0, 0.05) is 23.9 Å². The number of benzene rings is 1. The Bertz CT molecular complexity index is 695. The summed E-state index contributed by atoms with van der Waals surface area (Å²) in [6.45, 7) is 1.77. The van der Waals surface area contributed by atoms with Gasteiger partial charge >= 0.3 is 0 Å². The zero-order valence-corrected chi connectivity index (χ0v) is 13.7. The number of nitrogens with one attached hydrogen (secondary N) is 2. The second-order valence-electron chi connectivity index (χ2n) is 5.23. The molecule has 2 rings (SSSR count). The van der Waals surface area contributed by atoms with Crippen molar-refractivity contribution in [1.82, 2.24) is 10.9 Å². The van der Waals surface area contributed by atoms with E-state index < -0.39 is 0 Å². The van der Waals surface area contributed by atoms with Gasteiger partial charge < -0.3 is 4.74 Å². The summed E-state index contributed by atoms with van der Waals surface area (Å²) in [6.07, 6.45) is 5.65. The van der Waals surface area contributed by atoms with Crippen LogP contribution < -0.4 is 15.6 Å². The standard InChI is InChI=1S/C17H20N4O3/c1-12-14(17(23)21-19-12)9-10-16(22)20-18-11-5-7-13-6-3-4-8-15(13)24-2/h3-8,11,14H,9-10H2,1-2H3,(H,20,22)(H,21,23)/b7-5+,18-11+. The van der Waals surface area contributed by atoms with Crippen LogP contribution in [0.3, 0.4) is 0 Å². The molecule has 1 heterocycles. The predicted octanol–water partition coefficient (Wildman–Crippen LogP) is 1.71. The molecule has 1 aliphatic heterocycles. The number of ether oxygens (including phenoxy) is 1. The molecule has 2 N–H and O–H groups in total. The number of rotatable bonds is 7. The Kier molecular flexibility index (Phi) is 6.24. The smallest absolute Gasteiger partial charge is 0.248 e. The van der Waals surface area contributed by atoms with Crippen LogP contribution in [0, 0.1) is 5.92 Å². The molecule has 126 valence electrons. The average Bonchev–Trinajstić information content (AvgIpc) is 2.91. The quantitative estimate of drug-likeness (QED) is 0.589. The number of carbonyl (C=O) groups is 2. The molecule has 0 fully saturated rings. The maximum Gasteiger partial charge on any atom is 0.248 e. The molecule has 0 aliphatic carbocycles. The van der Waals surface area contributed by atoms with E-state index in [9.17, 15) is 9.59 Å². The van der Waals surface area contributed by atoms with Crippen LogP contribution in [0.2, 0.25) is 0 Å². The van der Waals surface area contributed by atoms with Gasteiger partial charge in [0.25, 0.3) is 0 Å². The summed E-state index contributed by atoms with van der Waals surface area (Å²) in [4.78, 5) is 23.2. The molecule has 24 heavy (non-hydrogen) atoms. The monoisotopic (exact) mass is 328 g/mol. The highest BCUT2D eigenvalue weighted by atomic mass is 16.5. The number of methoxy groups -OCH3 is 1. The molecule has 7 nitrogen and oxygen atoms in total. The Hall–Kier alpha value is -2.96. The second-order valence-corrected chi connectivity index (χ2v) is 5.23. The van der Waals surface area contributed by atoms with Gasteiger partial charge in [0.1, 0.15) is 5.75 Å². The topological polar surface area (TPSA) is 92.1 Å². The first-order chi connectivity index (χ1) is 11.6. The number of nitrogens with zero attached hydrogens (tertiary/aromatic N) is 2. The minimum absolute atomic E-state index is 0.163. The summed E-state index contributed by atoms with van der Waals surface area (Å²) in [5.41, 5.74) is 6.44. The number of amides is 2. The average molecular weight is 328 g/mol. The van der Waals surface area contributed by atoms with Gasteiger partial charge in [-0.05, 0) is 31.6 Å². The Morgan fingerprint density at radius 1 is 1.46 bits per heavy atom. The van der Waals surface area contributed by atoms with Crippen LogP contribution in [0.1, 0.15) is 25.3 Å². The van der Waals surface area contributed by atoms with E-state index in [1.165, 1.54) is 6.21 Å². The zero-order valence-electron chi connectivity index (χ0n) is 13.7. The van der Waals surface area contributed by atoms with Crippen molar-refractivity contribution in [3.63, 3.8) is 0 Å². The van der Waals surface area contributed by atoms with Crippen molar-refractivity contribution >= 4 is 29.8 Å². The summed E-state index contributed by atoms with van der Waals surface area (Å²) in [5, 5.41) is 7.68. The minimum Gasteiger partial charge on any atom is -0.496 e. The number of para-hydroxylation sites is 1. The van der Waals surface area contributed by atoms with Crippen molar-refractivity contribution in [3.05, 3.63) is 35.9 Å². The van der Waals surface area contributed by atoms with Gasteiger partial charge in [-0.15, -0.1) is 0 Å². The van der Waals surface area contributed by atoms with Crippen molar-refractivity contribution in [3.8, 4) is 5.75 Å². The Labute approximate surface area is 140 Å². The van der Waals surface area contributed by atoms with Gasteiger partial charge in [0.15, 0.2) is 0 Å². The van der Waals surface area contributed by atoms with E-state index in [0.717, 1.165) is 11.3 Å². The molecule has 0 saturated carbocycles. The maximum absolute atomic E-state index is 11.7. The molecule has 2 amide bonds. The molecular formula is C17H20N4O3. The SMILES string of the molecule is COc1ccccc1/C=C/C=N/NC(=O)CCC1C(=O)NN=C1C. The van der Waals surface area contributed by atoms with Gasteiger partial charge in [0.2, 0.25) is 11.8 Å². The van der Waals surface area contributed by atoms with Crippen molar-refractivity contribution in [2.24, 2.45) is 16.1 Å². The molecule has 0 spiro atoms. The van der Waals surface area contributed by atoms with Crippen LogP contribution in [-0.4, -0.2) is 30.9 Å². The third-order valence-electron chi connectivity index (χ3n) is 3.59. The lowest BCUT2D eigenvalue weighted by atomic mass is 9.99. The highest BCUT2D eigenvalue weighted by Gasteiger charge is 2.26. The molecule has 0 radical (unpaired) electrons. The molecule has 1 aromatic carbocycles. The van der Waals surface area contributed by atoms with Crippen molar-refractivity contribution in [2.75, 3.05) is 7.11 Å². The number of allylic oxidation sites excluding steroid dienone is 1. The van der Waals surface area contributed by atoms with Gasteiger partial charge in [-0.1, -0.05) is 18.2 Å². The molecule has 1 unspecified atom stereocenters. The fraction of sp³-hybridized carbons (Fsp3) is 0.294. The Morgan fingerprint density at radius 3 is 2.96 bits per heavy atom. The lowest BCUT2D eigenvalue weighted by Crippen LogP contribution is -2.25. The van der Waals surface area contributed by atoms with Crippen molar-refractivity contribution in [1.29, 1.82) is 0 Å². The van der Waals surface area contributed by atoms with Gasteiger partial charge in [-0.3, -0.25) is 9.59 Å². The summed E-state index contributed by atoms with van der Waals surface area (Å²) >= 11 is 0. The van der Waals surface area contributed by atoms with Crippen LogP contribution in [0.4, 0.5) is 0 Å². The van der Waals surface area contributed by atoms with E-state index in [4.69, 9.17) is 4.74 Å². The highest BCUT2D eigenvalue weighted by molar-refractivity contribution is 6.07. The first kappa shape index (κ1) is 17.4. The second kappa shape index (κ2) is 8.61. The van der Waals surface area contributed by atoms with Gasteiger partial charge in [0.05, 0.1) is 13.0 Å². The third-order valence-corrected chi connectivity index (χ3v) is 3.59. The van der Waals surface area contributed by atoms with Crippen LogP contribution >= 0.6 is 0 Å². The molecule has 1 atom stereocenters. The van der Waals surface area contributed by atoms with E-state index in [2.05, 4.69) is 21.1 Å². The van der Waals surface area contributed by atoms with E-state index in [1.54, 1.807) is 20.1 Å². The molecule has 1 aliphatic rings. The molecule has 0 saturated heterocycles. The predicted molar refractivity (Wildman–Crippen MR) is 92.6 cm³/mol. The lowest BCUT2D eigenvalue weighted by Gasteiger charge is -2.06. The number of hydrazone groups is 2. The minimum atomic E-state index is -0.329. The molecule has 0 bridgehead atoms. The molecule has 0 aromatic heterocycles. The molecule has 1 aromatic rings. The highest BCUT2D eigenvalue weighted by Crippen LogP contribution is 2.18. The van der Waals surface area contributed by atoms with E-state index in [-0.39, 0.29) is 24.2 Å². The van der Waals surface area contributed by atoms with E-state index >= 15 is 0 Å². The normalized spacial score (nSPS) is 17.2. The number of hydrogen-bond donors (Lipinski definition) is 2. The summed E-state index contributed by atoms with van der Waals surface area (Å²) < 4.78 is 5.23. The van der Waals surface area contributed by atoms with Crippen LogP contribution in [0.5, 0.6) is 5.75 Å². The van der Waals surface area contributed by atoms with Gasteiger partial charge in [-0.25, -0.2) is 10.9 Å². The summed E-state index contributed by atoms with van der Waals surface area (Å²) in [7, 11) is 1.61. The van der Waals surface area contributed by atoms with Crippen LogP contribution in [0.15, 0.2) is 40.5 Å². The summed E-state index contributed by atoms with van der Waals surface area (Å²) in [5.74, 6) is 0.0243. The fourth-order valence-electron chi connectivity index (χ4n) is 2.26. The lowest BCUT2D eigenvalue weighted by molar-refractivity contribution is -0.123. The number of hydrogen-bond acceptors (Lipinski definition) is 5. The molecular weight excluding hydrogens is 308 g/mol.